The van der Waals surface area contributed by atoms with Gasteiger partial charge in [-0.2, -0.15) is 0 Å². The van der Waals surface area contributed by atoms with Crippen molar-refractivity contribution in [1.82, 2.24) is 0 Å². The lowest BCUT2D eigenvalue weighted by Crippen LogP contribution is -2.04. The van der Waals surface area contributed by atoms with Crippen LogP contribution < -0.4 is 10.1 Å². The van der Waals surface area contributed by atoms with Crippen LogP contribution in [0.15, 0.2) is 16.6 Å². The van der Waals surface area contributed by atoms with Crippen LogP contribution >= 0.6 is 39.3 Å². The number of ether oxygens (including phenoxy) is 1. The van der Waals surface area contributed by atoms with Crippen LogP contribution in [-0.4, -0.2) is 18.6 Å². The summed E-state index contributed by atoms with van der Waals surface area (Å²) in [4.78, 5) is 11.1. The SMILES string of the molecule is COc1c(Cl)cc(NC(=O)SC)cc1Br. The predicted molar refractivity (Wildman–Crippen MR) is 68.2 cm³/mol. The normalized spacial score (nSPS) is 9.87. The van der Waals surface area contributed by atoms with Crippen molar-refractivity contribution in [2.24, 2.45) is 0 Å². The van der Waals surface area contributed by atoms with Crippen LogP contribution in [0, 0.1) is 0 Å². The maximum atomic E-state index is 11.1. The fourth-order valence-electron chi connectivity index (χ4n) is 0.996. The molecule has 1 amide bonds. The Kier molecular flexibility index (Phi) is 4.76. The molecule has 0 fully saturated rings. The zero-order chi connectivity index (χ0) is 11.4. The molecule has 1 aromatic rings. The highest BCUT2D eigenvalue weighted by Gasteiger charge is 2.09. The first-order valence-electron chi connectivity index (χ1n) is 3.96. The van der Waals surface area contributed by atoms with E-state index in [0.29, 0.717) is 20.9 Å². The van der Waals surface area contributed by atoms with E-state index in [4.69, 9.17) is 16.3 Å². The Morgan fingerprint density at radius 2 is 2.27 bits per heavy atom. The number of benzene rings is 1. The summed E-state index contributed by atoms with van der Waals surface area (Å²) in [5, 5.41) is 2.99. The molecule has 0 bridgehead atoms. The number of thioether (sulfide) groups is 1. The number of hydrogen-bond acceptors (Lipinski definition) is 3. The lowest BCUT2D eigenvalue weighted by Gasteiger charge is -2.09. The van der Waals surface area contributed by atoms with E-state index < -0.39 is 0 Å². The van der Waals surface area contributed by atoms with Gasteiger partial charge in [0.15, 0.2) is 5.75 Å². The van der Waals surface area contributed by atoms with E-state index in [0.717, 1.165) is 11.8 Å². The number of rotatable bonds is 2. The monoisotopic (exact) mass is 309 g/mol. The lowest BCUT2D eigenvalue weighted by atomic mass is 10.3. The second-order valence-electron chi connectivity index (χ2n) is 2.59. The van der Waals surface area contributed by atoms with E-state index >= 15 is 0 Å². The Morgan fingerprint density at radius 1 is 1.60 bits per heavy atom. The summed E-state index contributed by atoms with van der Waals surface area (Å²) in [7, 11) is 1.53. The third-order valence-electron chi connectivity index (χ3n) is 1.63. The number of amides is 1. The van der Waals surface area contributed by atoms with Gasteiger partial charge in [0.05, 0.1) is 16.6 Å². The minimum Gasteiger partial charge on any atom is -0.494 e. The number of carbonyl (C=O) groups is 1. The number of carbonyl (C=O) groups excluding carboxylic acids is 1. The molecular formula is C9H9BrClNO2S. The zero-order valence-corrected chi connectivity index (χ0v) is 11.3. The Labute approximate surface area is 106 Å². The van der Waals surface area contributed by atoms with Crippen LogP contribution in [0.2, 0.25) is 5.02 Å². The molecule has 1 N–H and O–H groups in total. The van der Waals surface area contributed by atoms with Crippen LogP contribution in [0.3, 0.4) is 0 Å². The first-order chi connectivity index (χ1) is 7.08. The van der Waals surface area contributed by atoms with E-state index in [1.165, 1.54) is 7.11 Å². The van der Waals surface area contributed by atoms with Crippen molar-refractivity contribution < 1.29 is 9.53 Å². The molecule has 15 heavy (non-hydrogen) atoms. The molecule has 0 unspecified atom stereocenters. The summed E-state index contributed by atoms with van der Waals surface area (Å²) in [6.45, 7) is 0. The molecule has 82 valence electrons. The summed E-state index contributed by atoms with van der Waals surface area (Å²) in [5.74, 6) is 0.554. The van der Waals surface area contributed by atoms with Gasteiger partial charge in [-0.3, -0.25) is 4.79 Å². The van der Waals surface area contributed by atoms with Crippen LogP contribution in [0.5, 0.6) is 5.75 Å². The number of halogens is 2. The second kappa shape index (κ2) is 5.63. The number of hydrogen-bond donors (Lipinski definition) is 1. The highest BCUT2D eigenvalue weighted by Crippen LogP contribution is 2.36. The average Bonchev–Trinajstić information content (AvgIpc) is 2.17. The van der Waals surface area contributed by atoms with Crippen LogP contribution in [-0.2, 0) is 0 Å². The third kappa shape index (κ3) is 3.29. The standard InChI is InChI=1S/C9H9BrClNO2S/c1-14-8-6(10)3-5(4-7(8)11)12-9(13)15-2/h3-4H,1-2H3,(H,12,13). The average molecular weight is 311 g/mol. The molecule has 0 saturated carbocycles. The van der Waals surface area contributed by atoms with Gasteiger partial charge in [-0.15, -0.1) is 0 Å². The van der Waals surface area contributed by atoms with E-state index in [1.807, 2.05) is 0 Å². The van der Waals surface area contributed by atoms with Crippen LogP contribution in [0.25, 0.3) is 0 Å². The van der Waals surface area contributed by atoms with Gasteiger partial charge in [-0.25, -0.2) is 0 Å². The highest BCUT2D eigenvalue weighted by molar-refractivity contribution is 9.10. The quantitative estimate of drug-likeness (QED) is 0.897. The maximum absolute atomic E-state index is 11.1. The first kappa shape index (κ1) is 12.7. The molecular weight excluding hydrogens is 302 g/mol. The van der Waals surface area contributed by atoms with Gasteiger partial charge in [-0.1, -0.05) is 23.4 Å². The van der Waals surface area contributed by atoms with Gasteiger partial charge in [0.2, 0.25) is 0 Å². The molecule has 1 aromatic carbocycles. The Bertz CT molecular complexity index is 363. The zero-order valence-electron chi connectivity index (χ0n) is 8.14. The Morgan fingerprint density at radius 3 is 2.73 bits per heavy atom. The molecule has 0 radical (unpaired) electrons. The number of anilines is 1. The fourth-order valence-corrected chi connectivity index (χ4v) is 2.25. The molecule has 6 heteroatoms. The van der Waals surface area contributed by atoms with Crippen molar-refractivity contribution in [2.45, 2.75) is 0 Å². The molecule has 0 atom stereocenters. The van der Waals surface area contributed by atoms with Crippen LogP contribution in [0.4, 0.5) is 10.5 Å². The number of methoxy groups -OCH3 is 1. The largest absolute Gasteiger partial charge is 0.494 e. The molecule has 0 spiro atoms. The van der Waals surface area contributed by atoms with Gasteiger partial charge in [0, 0.05) is 5.69 Å². The maximum Gasteiger partial charge on any atom is 0.283 e. The Hall–Kier alpha value is -0.390. The van der Waals surface area contributed by atoms with Gasteiger partial charge >= 0.3 is 0 Å². The summed E-state index contributed by atoms with van der Waals surface area (Å²) >= 11 is 10.4. The molecule has 0 aromatic heterocycles. The Balaban J connectivity index is 2.98. The molecule has 0 aliphatic carbocycles. The summed E-state index contributed by atoms with van der Waals surface area (Å²) in [5.41, 5.74) is 0.632. The lowest BCUT2D eigenvalue weighted by molar-refractivity contribution is 0.270. The molecule has 0 heterocycles. The van der Waals surface area contributed by atoms with Crippen LogP contribution in [0.1, 0.15) is 0 Å². The van der Waals surface area contributed by atoms with Crippen molar-refractivity contribution >= 4 is 50.2 Å². The first-order valence-corrected chi connectivity index (χ1v) is 6.36. The molecule has 3 nitrogen and oxygen atoms in total. The molecule has 0 aliphatic rings. The fraction of sp³-hybridized carbons (Fsp3) is 0.222. The van der Waals surface area contributed by atoms with Gasteiger partial charge in [-0.05, 0) is 34.3 Å². The van der Waals surface area contributed by atoms with Crippen molar-refractivity contribution in [3.63, 3.8) is 0 Å². The van der Waals surface area contributed by atoms with E-state index in [1.54, 1.807) is 18.4 Å². The third-order valence-corrected chi connectivity index (χ3v) is 2.98. The minimum atomic E-state index is -0.136. The van der Waals surface area contributed by atoms with Crippen molar-refractivity contribution in [1.29, 1.82) is 0 Å². The van der Waals surface area contributed by atoms with Gasteiger partial charge < -0.3 is 10.1 Å². The van der Waals surface area contributed by atoms with Crippen molar-refractivity contribution in [3.8, 4) is 5.75 Å². The molecule has 0 saturated heterocycles. The highest BCUT2D eigenvalue weighted by atomic mass is 79.9. The molecule has 1 rings (SSSR count). The summed E-state index contributed by atoms with van der Waals surface area (Å²) in [6.07, 6.45) is 1.70. The van der Waals surface area contributed by atoms with Crippen molar-refractivity contribution in [3.05, 3.63) is 21.6 Å². The minimum absolute atomic E-state index is 0.136. The summed E-state index contributed by atoms with van der Waals surface area (Å²) in [6, 6.07) is 3.37. The predicted octanol–water partition coefficient (Wildman–Crippen LogP) is 4.01. The second-order valence-corrected chi connectivity index (χ2v) is 4.63. The smallest absolute Gasteiger partial charge is 0.283 e. The van der Waals surface area contributed by atoms with Gasteiger partial charge in [0.25, 0.3) is 5.24 Å². The van der Waals surface area contributed by atoms with E-state index in [2.05, 4.69) is 21.2 Å². The van der Waals surface area contributed by atoms with E-state index in [-0.39, 0.29) is 5.24 Å². The number of nitrogens with one attached hydrogen (secondary N) is 1. The van der Waals surface area contributed by atoms with E-state index in [9.17, 15) is 4.79 Å². The van der Waals surface area contributed by atoms with Gasteiger partial charge in [0.1, 0.15) is 0 Å². The topological polar surface area (TPSA) is 38.3 Å². The summed E-state index contributed by atoms with van der Waals surface area (Å²) < 4.78 is 5.77. The molecule has 0 aliphatic heterocycles. The van der Waals surface area contributed by atoms with Crippen molar-refractivity contribution in [2.75, 3.05) is 18.7 Å².